The first kappa shape index (κ1) is 13.4. The maximum Gasteiger partial charge on any atom is 0.124 e. The monoisotopic (exact) mass is 249 g/mol. The van der Waals surface area contributed by atoms with Gasteiger partial charge >= 0.3 is 0 Å². The largest absolute Gasteiger partial charge is 0.496 e. The lowest BCUT2D eigenvalue weighted by molar-refractivity contribution is 0.109. The molecule has 1 atom stereocenters. The Bertz CT molecular complexity index is 401. The molecule has 1 aliphatic rings. The predicted octanol–water partition coefficient (Wildman–Crippen LogP) is 2.52. The topological polar surface area (TPSA) is 32.7 Å². The van der Waals surface area contributed by atoms with E-state index < -0.39 is 6.10 Å². The molecule has 1 fully saturated rings. The van der Waals surface area contributed by atoms with Crippen LogP contribution in [0.1, 0.15) is 37.0 Å². The third-order valence-corrected chi connectivity index (χ3v) is 3.62. The zero-order valence-corrected chi connectivity index (χ0v) is 11.5. The molecule has 0 saturated heterocycles. The molecule has 0 bridgehead atoms. The highest BCUT2D eigenvalue weighted by molar-refractivity contribution is 5.38. The molecule has 3 heteroatoms. The molecular weight excluding hydrogens is 226 g/mol. The molecule has 1 aromatic rings. The summed E-state index contributed by atoms with van der Waals surface area (Å²) in [5.74, 6) is 0.778. The number of methoxy groups -OCH3 is 1. The molecule has 1 saturated carbocycles. The fourth-order valence-electron chi connectivity index (χ4n) is 2.41. The summed E-state index contributed by atoms with van der Waals surface area (Å²) in [4.78, 5) is 2.35. The molecule has 1 unspecified atom stereocenters. The highest BCUT2D eigenvalue weighted by Crippen LogP contribution is 2.31. The van der Waals surface area contributed by atoms with Crippen LogP contribution in [-0.2, 0) is 0 Å². The minimum Gasteiger partial charge on any atom is -0.496 e. The molecule has 100 valence electrons. The number of nitrogens with zero attached hydrogens (tertiary/aromatic N) is 1. The first-order valence-corrected chi connectivity index (χ1v) is 6.72. The summed E-state index contributed by atoms with van der Waals surface area (Å²) >= 11 is 0. The molecule has 0 heterocycles. The van der Waals surface area contributed by atoms with E-state index in [4.69, 9.17) is 4.74 Å². The Balaban J connectivity index is 2.11. The molecule has 18 heavy (non-hydrogen) atoms. The van der Waals surface area contributed by atoms with Crippen LogP contribution >= 0.6 is 0 Å². The summed E-state index contributed by atoms with van der Waals surface area (Å²) in [5.41, 5.74) is 2.05. The Hall–Kier alpha value is -1.06. The molecule has 3 nitrogen and oxygen atoms in total. The molecule has 2 rings (SSSR count). The van der Waals surface area contributed by atoms with Crippen molar-refractivity contribution in [3.63, 3.8) is 0 Å². The van der Waals surface area contributed by atoms with Crippen molar-refractivity contribution in [1.82, 2.24) is 4.90 Å². The van der Waals surface area contributed by atoms with E-state index in [0.717, 1.165) is 23.4 Å². The van der Waals surface area contributed by atoms with Crippen molar-refractivity contribution in [2.24, 2.45) is 0 Å². The number of aliphatic hydroxyl groups excluding tert-OH is 1. The van der Waals surface area contributed by atoms with Gasteiger partial charge in [0.2, 0.25) is 0 Å². The lowest BCUT2D eigenvalue weighted by Gasteiger charge is -2.24. The van der Waals surface area contributed by atoms with E-state index in [0.29, 0.717) is 12.6 Å². The maximum absolute atomic E-state index is 10.4. The summed E-state index contributed by atoms with van der Waals surface area (Å²) < 4.78 is 5.33. The number of aliphatic hydroxyl groups is 1. The number of benzene rings is 1. The molecule has 1 aromatic carbocycles. The van der Waals surface area contributed by atoms with Crippen LogP contribution in [0.25, 0.3) is 0 Å². The molecule has 0 aliphatic heterocycles. The minimum atomic E-state index is -0.472. The van der Waals surface area contributed by atoms with Crippen LogP contribution in [0.5, 0.6) is 5.75 Å². The smallest absolute Gasteiger partial charge is 0.124 e. The SMILES string of the molecule is CCN(CC(O)c1cc(C)ccc1OC)C1CC1. The van der Waals surface area contributed by atoms with Crippen LogP contribution in [0.15, 0.2) is 18.2 Å². The molecule has 1 aliphatic carbocycles. The third-order valence-electron chi connectivity index (χ3n) is 3.62. The number of likely N-dealkylation sites (N-methyl/N-ethyl adjacent to an activating group) is 1. The van der Waals surface area contributed by atoms with Crippen LogP contribution in [0.2, 0.25) is 0 Å². The first-order valence-electron chi connectivity index (χ1n) is 6.72. The van der Waals surface area contributed by atoms with Gasteiger partial charge in [-0.25, -0.2) is 0 Å². The highest BCUT2D eigenvalue weighted by Gasteiger charge is 2.29. The van der Waals surface area contributed by atoms with Gasteiger partial charge in [-0.05, 0) is 38.4 Å². The molecule has 0 radical (unpaired) electrons. The molecule has 0 aromatic heterocycles. The first-order chi connectivity index (χ1) is 8.65. The highest BCUT2D eigenvalue weighted by atomic mass is 16.5. The van der Waals surface area contributed by atoms with Gasteiger partial charge in [-0.15, -0.1) is 0 Å². The van der Waals surface area contributed by atoms with Gasteiger partial charge in [-0.3, -0.25) is 4.90 Å². The van der Waals surface area contributed by atoms with Crippen LogP contribution in [0, 0.1) is 6.92 Å². The van der Waals surface area contributed by atoms with E-state index in [1.54, 1.807) is 7.11 Å². The molecule has 0 amide bonds. The zero-order chi connectivity index (χ0) is 13.1. The Morgan fingerprint density at radius 3 is 2.72 bits per heavy atom. The summed E-state index contributed by atoms with van der Waals surface area (Å²) in [6.07, 6.45) is 2.07. The average molecular weight is 249 g/mol. The second-order valence-corrected chi connectivity index (χ2v) is 5.08. The van der Waals surface area contributed by atoms with Gasteiger partial charge in [-0.2, -0.15) is 0 Å². The van der Waals surface area contributed by atoms with Crippen LogP contribution in [0.4, 0.5) is 0 Å². The Morgan fingerprint density at radius 2 is 2.17 bits per heavy atom. The summed E-state index contributed by atoms with van der Waals surface area (Å²) in [6.45, 7) is 5.88. The Kier molecular flexibility index (Phi) is 4.25. The van der Waals surface area contributed by atoms with E-state index in [1.807, 2.05) is 25.1 Å². The van der Waals surface area contributed by atoms with Crippen molar-refractivity contribution in [3.8, 4) is 5.75 Å². The fraction of sp³-hybridized carbons (Fsp3) is 0.600. The maximum atomic E-state index is 10.4. The third kappa shape index (κ3) is 3.03. The minimum absolute atomic E-state index is 0.472. The second-order valence-electron chi connectivity index (χ2n) is 5.08. The van der Waals surface area contributed by atoms with Crippen LogP contribution in [0.3, 0.4) is 0 Å². The Morgan fingerprint density at radius 1 is 1.44 bits per heavy atom. The van der Waals surface area contributed by atoms with Crippen molar-refractivity contribution in [1.29, 1.82) is 0 Å². The van der Waals surface area contributed by atoms with Crippen LogP contribution < -0.4 is 4.74 Å². The van der Waals surface area contributed by atoms with Gasteiger partial charge in [0, 0.05) is 18.2 Å². The standard InChI is InChI=1S/C15H23NO2/c1-4-16(12-6-7-12)10-14(17)13-9-11(2)5-8-15(13)18-3/h5,8-9,12,14,17H,4,6-7,10H2,1-3H3. The zero-order valence-electron chi connectivity index (χ0n) is 11.5. The molecule has 1 N–H and O–H groups in total. The van der Waals surface area contributed by atoms with Gasteiger partial charge in [-0.1, -0.05) is 18.6 Å². The summed E-state index contributed by atoms with van der Waals surface area (Å²) in [5, 5.41) is 10.4. The summed E-state index contributed by atoms with van der Waals surface area (Å²) in [7, 11) is 1.65. The van der Waals surface area contributed by atoms with Gasteiger partial charge in [0.15, 0.2) is 0 Å². The van der Waals surface area contributed by atoms with Crippen molar-refractivity contribution >= 4 is 0 Å². The number of aryl methyl sites for hydroxylation is 1. The van der Waals surface area contributed by atoms with E-state index in [-0.39, 0.29) is 0 Å². The number of hydrogen-bond donors (Lipinski definition) is 1. The average Bonchev–Trinajstić information content (AvgIpc) is 3.19. The van der Waals surface area contributed by atoms with Crippen molar-refractivity contribution < 1.29 is 9.84 Å². The van der Waals surface area contributed by atoms with E-state index >= 15 is 0 Å². The van der Waals surface area contributed by atoms with Gasteiger partial charge in [0.05, 0.1) is 13.2 Å². The fourth-order valence-corrected chi connectivity index (χ4v) is 2.41. The molecular formula is C15H23NO2. The van der Waals surface area contributed by atoms with E-state index in [9.17, 15) is 5.11 Å². The lowest BCUT2D eigenvalue weighted by atomic mass is 10.0. The Labute approximate surface area is 109 Å². The van der Waals surface area contributed by atoms with Crippen molar-refractivity contribution in [3.05, 3.63) is 29.3 Å². The lowest BCUT2D eigenvalue weighted by Crippen LogP contribution is -2.30. The van der Waals surface area contributed by atoms with Crippen molar-refractivity contribution in [2.45, 2.75) is 38.8 Å². The number of hydrogen-bond acceptors (Lipinski definition) is 3. The van der Waals surface area contributed by atoms with Crippen LogP contribution in [-0.4, -0.2) is 36.2 Å². The van der Waals surface area contributed by atoms with Gasteiger partial charge < -0.3 is 9.84 Å². The van der Waals surface area contributed by atoms with Gasteiger partial charge in [0.25, 0.3) is 0 Å². The van der Waals surface area contributed by atoms with Gasteiger partial charge in [0.1, 0.15) is 5.75 Å². The number of ether oxygens (including phenoxy) is 1. The second kappa shape index (κ2) is 5.72. The summed E-state index contributed by atoms with van der Waals surface area (Å²) in [6, 6.07) is 6.64. The normalized spacial score (nSPS) is 16.9. The number of rotatable bonds is 6. The van der Waals surface area contributed by atoms with E-state index in [2.05, 4.69) is 11.8 Å². The predicted molar refractivity (Wildman–Crippen MR) is 73.0 cm³/mol. The van der Waals surface area contributed by atoms with E-state index in [1.165, 1.54) is 12.8 Å². The van der Waals surface area contributed by atoms with Crippen molar-refractivity contribution in [2.75, 3.05) is 20.2 Å². The molecule has 0 spiro atoms. The quantitative estimate of drug-likeness (QED) is 0.841.